The van der Waals surface area contributed by atoms with E-state index in [1.54, 1.807) is 0 Å². The summed E-state index contributed by atoms with van der Waals surface area (Å²) in [5.41, 5.74) is 2.90. The molecule has 0 saturated carbocycles. The molecule has 1 fully saturated rings. The molecule has 1 aromatic heterocycles. The summed E-state index contributed by atoms with van der Waals surface area (Å²) < 4.78 is 2.03. The van der Waals surface area contributed by atoms with E-state index in [-0.39, 0.29) is 17.9 Å². The Bertz CT molecular complexity index is 980. The lowest BCUT2D eigenvalue weighted by Crippen LogP contribution is -2.46. The van der Waals surface area contributed by atoms with Crippen molar-refractivity contribution in [2.45, 2.75) is 38.3 Å². The zero-order valence-corrected chi connectivity index (χ0v) is 15.2. The van der Waals surface area contributed by atoms with Gasteiger partial charge in [0.25, 0.3) is 0 Å². The third-order valence-corrected chi connectivity index (χ3v) is 5.05. The Balaban J connectivity index is 1.70. The van der Waals surface area contributed by atoms with Crippen molar-refractivity contribution in [2.24, 2.45) is 0 Å². The second-order valence-electron chi connectivity index (χ2n) is 6.88. The van der Waals surface area contributed by atoms with Crippen LogP contribution in [0.2, 0.25) is 0 Å². The van der Waals surface area contributed by atoms with Gasteiger partial charge in [0.05, 0.1) is 17.1 Å². The molecule has 4 rings (SSSR count). The molecule has 6 nitrogen and oxygen atoms in total. The number of aromatic nitrogens is 2. The van der Waals surface area contributed by atoms with Crippen LogP contribution in [-0.4, -0.2) is 27.4 Å². The molecule has 1 saturated heterocycles. The standard InChI is InChI=1S/C21H22N4O2/c1-14(15-8-3-2-4-9-15)25-18-12-6-5-10-16(18)23-21(25)24-20(27)17-11-7-13-19(26)22-17/h2-6,8-10,12,14,17H,7,11,13H2,1H3,(H,22,26)(H,23,24,27)/t14-,17+/m0/s1. The molecular formula is C21H22N4O2. The van der Waals surface area contributed by atoms with Crippen LogP contribution in [-0.2, 0) is 9.59 Å². The van der Waals surface area contributed by atoms with Gasteiger partial charge in [-0.1, -0.05) is 42.5 Å². The molecule has 2 atom stereocenters. The van der Waals surface area contributed by atoms with E-state index >= 15 is 0 Å². The summed E-state index contributed by atoms with van der Waals surface area (Å²) >= 11 is 0. The summed E-state index contributed by atoms with van der Waals surface area (Å²) in [6.07, 6.45) is 1.85. The van der Waals surface area contributed by atoms with Crippen LogP contribution in [0, 0.1) is 0 Å². The average molecular weight is 362 g/mol. The first kappa shape index (κ1) is 17.3. The van der Waals surface area contributed by atoms with Gasteiger partial charge in [0.2, 0.25) is 17.8 Å². The first-order chi connectivity index (χ1) is 13.1. The SMILES string of the molecule is C[C@@H](c1ccccc1)n1c(NC(=O)[C@H]2CCCC(=O)N2)nc2ccccc21. The molecule has 0 spiro atoms. The largest absolute Gasteiger partial charge is 0.344 e. The topological polar surface area (TPSA) is 76.0 Å². The molecule has 2 N–H and O–H groups in total. The molecule has 3 aromatic rings. The Labute approximate surface area is 157 Å². The van der Waals surface area contributed by atoms with E-state index in [0.717, 1.165) is 23.0 Å². The number of nitrogens with one attached hydrogen (secondary N) is 2. The number of imidazole rings is 1. The predicted octanol–water partition coefficient (Wildman–Crippen LogP) is 3.25. The maximum Gasteiger partial charge on any atom is 0.249 e. The second kappa shape index (κ2) is 7.23. The van der Waals surface area contributed by atoms with Gasteiger partial charge in [-0.3, -0.25) is 14.9 Å². The van der Waals surface area contributed by atoms with Crippen molar-refractivity contribution in [3.63, 3.8) is 0 Å². The van der Waals surface area contributed by atoms with Gasteiger partial charge in [0.1, 0.15) is 6.04 Å². The summed E-state index contributed by atoms with van der Waals surface area (Å²) in [7, 11) is 0. The lowest BCUT2D eigenvalue weighted by Gasteiger charge is -2.23. The average Bonchev–Trinajstić information content (AvgIpc) is 3.06. The molecule has 2 amide bonds. The van der Waals surface area contributed by atoms with E-state index in [1.807, 2.05) is 47.0 Å². The maximum atomic E-state index is 12.7. The number of carbonyl (C=O) groups excluding carboxylic acids is 2. The number of rotatable bonds is 4. The summed E-state index contributed by atoms with van der Waals surface area (Å²) in [6.45, 7) is 2.08. The normalized spacial score (nSPS) is 18.1. The molecule has 0 unspecified atom stereocenters. The van der Waals surface area contributed by atoms with Gasteiger partial charge in [-0.2, -0.15) is 0 Å². The number of benzene rings is 2. The van der Waals surface area contributed by atoms with E-state index in [9.17, 15) is 9.59 Å². The summed E-state index contributed by atoms with van der Waals surface area (Å²) in [4.78, 5) is 29.0. The third kappa shape index (κ3) is 3.43. The van der Waals surface area contributed by atoms with Crippen LogP contribution in [0.5, 0.6) is 0 Å². The number of nitrogens with zero attached hydrogens (tertiary/aromatic N) is 2. The molecule has 0 aliphatic carbocycles. The molecule has 2 heterocycles. The number of hydrogen-bond acceptors (Lipinski definition) is 3. The number of piperidine rings is 1. The van der Waals surface area contributed by atoms with Gasteiger partial charge in [-0.05, 0) is 37.5 Å². The predicted molar refractivity (Wildman–Crippen MR) is 104 cm³/mol. The van der Waals surface area contributed by atoms with Crippen molar-refractivity contribution in [1.82, 2.24) is 14.9 Å². The Morgan fingerprint density at radius 2 is 1.93 bits per heavy atom. The fourth-order valence-electron chi connectivity index (χ4n) is 3.60. The highest BCUT2D eigenvalue weighted by atomic mass is 16.2. The molecule has 0 bridgehead atoms. The van der Waals surface area contributed by atoms with E-state index in [0.29, 0.717) is 18.8 Å². The minimum atomic E-state index is -0.508. The zero-order valence-electron chi connectivity index (χ0n) is 15.2. The third-order valence-electron chi connectivity index (χ3n) is 5.05. The van der Waals surface area contributed by atoms with Gasteiger partial charge in [-0.25, -0.2) is 4.98 Å². The van der Waals surface area contributed by atoms with Crippen molar-refractivity contribution in [2.75, 3.05) is 5.32 Å². The first-order valence-electron chi connectivity index (χ1n) is 9.25. The highest BCUT2D eigenvalue weighted by Crippen LogP contribution is 2.28. The Kier molecular flexibility index (Phi) is 4.62. The summed E-state index contributed by atoms with van der Waals surface area (Å²) in [5.74, 6) is 0.199. The number of carbonyl (C=O) groups is 2. The molecule has 0 radical (unpaired) electrons. The van der Waals surface area contributed by atoms with Crippen LogP contribution in [0.4, 0.5) is 5.95 Å². The number of para-hydroxylation sites is 2. The van der Waals surface area contributed by atoms with Gasteiger partial charge in [-0.15, -0.1) is 0 Å². The molecule has 138 valence electrons. The smallest absolute Gasteiger partial charge is 0.249 e. The molecular weight excluding hydrogens is 340 g/mol. The van der Waals surface area contributed by atoms with E-state index in [2.05, 4.69) is 34.7 Å². The number of fused-ring (bicyclic) bond motifs is 1. The van der Waals surface area contributed by atoms with Crippen LogP contribution < -0.4 is 10.6 Å². The monoisotopic (exact) mass is 362 g/mol. The van der Waals surface area contributed by atoms with Crippen molar-refractivity contribution in [3.05, 3.63) is 60.2 Å². The van der Waals surface area contributed by atoms with Crippen molar-refractivity contribution < 1.29 is 9.59 Å². The lowest BCUT2D eigenvalue weighted by atomic mass is 10.0. The zero-order chi connectivity index (χ0) is 18.8. The van der Waals surface area contributed by atoms with Gasteiger partial charge in [0, 0.05) is 6.42 Å². The van der Waals surface area contributed by atoms with Crippen LogP contribution in [0.1, 0.15) is 37.8 Å². The Morgan fingerprint density at radius 3 is 2.70 bits per heavy atom. The van der Waals surface area contributed by atoms with Crippen LogP contribution >= 0.6 is 0 Å². The number of hydrogen-bond donors (Lipinski definition) is 2. The van der Waals surface area contributed by atoms with E-state index < -0.39 is 6.04 Å². The highest BCUT2D eigenvalue weighted by Gasteiger charge is 2.27. The lowest BCUT2D eigenvalue weighted by molar-refractivity contribution is -0.128. The Hall–Kier alpha value is -3.15. The molecule has 1 aliphatic rings. The quantitative estimate of drug-likeness (QED) is 0.748. The fraction of sp³-hybridized carbons (Fsp3) is 0.286. The highest BCUT2D eigenvalue weighted by molar-refractivity contribution is 5.97. The first-order valence-corrected chi connectivity index (χ1v) is 9.25. The summed E-state index contributed by atoms with van der Waals surface area (Å²) in [5, 5.41) is 5.70. The number of amides is 2. The molecule has 6 heteroatoms. The van der Waals surface area contributed by atoms with Gasteiger partial charge < -0.3 is 9.88 Å². The van der Waals surface area contributed by atoms with Crippen LogP contribution in [0.25, 0.3) is 11.0 Å². The molecule has 2 aromatic carbocycles. The van der Waals surface area contributed by atoms with Gasteiger partial charge >= 0.3 is 0 Å². The fourth-order valence-corrected chi connectivity index (χ4v) is 3.60. The minimum Gasteiger partial charge on any atom is -0.344 e. The van der Waals surface area contributed by atoms with Crippen LogP contribution in [0.3, 0.4) is 0 Å². The number of anilines is 1. The summed E-state index contributed by atoms with van der Waals surface area (Å²) in [6, 6.07) is 17.4. The van der Waals surface area contributed by atoms with Crippen LogP contribution in [0.15, 0.2) is 54.6 Å². The van der Waals surface area contributed by atoms with Gasteiger partial charge in [0.15, 0.2) is 0 Å². The van der Waals surface area contributed by atoms with E-state index in [4.69, 9.17) is 0 Å². The van der Waals surface area contributed by atoms with Crippen molar-refractivity contribution in [1.29, 1.82) is 0 Å². The van der Waals surface area contributed by atoms with Crippen molar-refractivity contribution >= 4 is 28.8 Å². The molecule has 27 heavy (non-hydrogen) atoms. The molecule has 1 aliphatic heterocycles. The second-order valence-corrected chi connectivity index (χ2v) is 6.88. The minimum absolute atomic E-state index is 0.00477. The Morgan fingerprint density at radius 1 is 1.19 bits per heavy atom. The maximum absolute atomic E-state index is 12.7. The van der Waals surface area contributed by atoms with Crippen molar-refractivity contribution in [3.8, 4) is 0 Å². The van der Waals surface area contributed by atoms with E-state index in [1.165, 1.54) is 0 Å².